The lowest BCUT2D eigenvalue weighted by Gasteiger charge is -2.42. The van der Waals surface area contributed by atoms with Crippen molar-refractivity contribution in [2.75, 3.05) is 19.7 Å². The summed E-state index contributed by atoms with van der Waals surface area (Å²) >= 11 is 5.98. The molecular formula is C22H22ClF3N2O3. The maximum atomic E-state index is 13.0. The number of carbonyl (C=O) groups excluding carboxylic acids is 2. The van der Waals surface area contributed by atoms with Crippen molar-refractivity contribution in [1.82, 2.24) is 4.90 Å². The lowest BCUT2D eigenvalue weighted by molar-refractivity contribution is -0.137. The summed E-state index contributed by atoms with van der Waals surface area (Å²) in [5.41, 5.74) is 3.77. The highest BCUT2D eigenvalue weighted by Gasteiger charge is 2.40. The van der Waals surface area contributed by atoms with Gasteiger partial charge in [-0.25, -0.2) is 0 Å². The van der Waals surface area contributed by atoms with Gasteiger partial charge in [-0.3, -0.25) is 9.59 Å². The highest BCUT2D eigenvalue weighted by molar-refractivity contribution is 6.30. The molecular weight excluding hydrogens is 433 g/mol. The molecule has 0 spiro atoms. The average Bonchev–Trinajstić information content (AvgIpc) is 2.71. The topological polar surface area (TPSA) is 72.6 Å². The van der Waals surface area contributed by atoms with Crippen molar-refractivity contribution in [3.8, 4) is 5.75 Å². The van der Waals surface area contributed by atoms with Crippen molar-refractivity contribution in [2.45, 2.75) is 25.4 Å². The van der Waals surface area contributed by atoms with Crippen molar-refractivity contribution in [3.05, 3.63) is 64.7 Å². The number of nitrogens with zero attached hydrogens (tertiary/aromatic N) is 1. The van der Waals surface area contributed by atoms with Gasteiger partial charge in [0, 0.05) is 35.5 Å². The summed E-state index contributed by atoms with van der Waals surface area (Å²) in [6, 6.07) is 11.1. The summed E-state index contributed by atoms with van der Waals surface area (Å²) in [4.78, 5) is 26.2. The number of carbonyl (C=O) groups is 2. The minimum Gasteiger partial charge on any atom is -0.493 e. The van der Waals surface area contributed by atoms with E-state index in [1.165, 1.54) is 17.0 Å². The van der Waals surface area contributed by atoms with Crippen molar-refractivity contribution < 1.29 is 27.5 Å². The molecule has 1 aliphatic heterocycles. The quantitative estimate of drug-likeness (QED) is 0.696. The van der Waals surface area contributed by atoms with Crippen LogP contribution in [0.15, 0.2) is 48.5 Å². The number of nitrogens with two attached hydrogens (primary N) is 1. The van der Waals surface area contributed by atoms with E-state index in [1.807, 2.05) is 0 Å². The second-order valence-electron chi connectivity index (χ2n) is 7.80. The first-order valence-corrected chi connectivity index (χ1v) is 10.1. The number of benzene rings is 2. The predicted octanol–water partition coefficient (Wildman–Crippen LogP) is 4.54. The Bertz CT molecular complexity index is 967. The van der Waals surface area contributed by atoms with Gasteiger partial charge in [0.2, 0.25) is 5.91 Å². The van der Waals surface area contributed by atoms with E-state index in [0.29, 0.717) is 30.2 Å². The Balaban J connectivity index is 1.80. The van der Waals surface area contributed by atoms with Gasteiger partial charge in [0.1, 0.15) is 5.75 Å². The van der Waals surface area contributed by atoms with Gasteiger partial charge in [-0.15, -0.1) is 0 Å². The van der Waals surface area contributed by atoms with Crippen molar-refractivity contribution in [3.63, 3.8) is 0 Å². The Labute approximate surface area is 182 Å². The Hall–Kier alpha value is -2.74. The zero-order valence-corrected chi connectivity index (χ0v) is 17.4. The summed E-state index contributed by atoms with van der Waals surface area (Å²) in [6.07, 6.45) is -3.40. The molecule has 2 aromatic rings. The number of halogens is 4. The van der Waals surface area contributed by atoms with Gasteiger partial charge in [-0.05, 0) is 49.2 Å². The van der Waals surface area contributed by atoms with Crippen molar-refractivity contribution in [2.24, 2.45) is 11.1 Å². The van der Waals surface area contributed by atoms with Crippen molar-refractivity contribution >= 4 is 23.4 Å². The van der Waals surface area contributed by atoms with E-state index in [1.54, 1.807) is 24.3 Å². The van der Waals surface area contributed by atoms with Gasteiger partial charge in [0.15, 0.2) is 0 Å². The smallest absolute Gasteiger partial charge is 0.416 e. The number of ether oxygens (including phenoxy) is 1. The molecule has 1 saturated heterocycles. The number of alkyl halides is 3. The Morgan fingerprint density at radius 1 is 1.16 bits per heavy atom. The third-order valence-corrected chi connectivity index (χ3v) is 5.51. The molecule has 0 aliphatic carbocycles. The molecule has 2 N–H and O–H groups in total. The van der Waals surface area contributed by atoms with E-state index >= 15 is 0 Å². The molecule has 0 bridgehead atoms. The van der Waals surface area contributed by atoms with Crippen LogP contribution in [-0.4, -0.2) is 36.4 Å². The van der Waals surface area contributed by atoms with E-state index < -0.39 is 29.0 Å². The molecule has 1 aliphatic rings. The predicted molar refractivity (Wildman–Crippen MR) is 110 cm³/mol. The van der Waals surface area contributed by atoms with Gasteiger partial charge < -0.3 is 15.4 Å². The van der Waals surface area contributed by atoms with Crippen LogP contribution >= 0.6 is 11.6 Å². The van der Waals surface area contributed by atoms with Gasteiger partial charge in [-0.2, -0.15) is 13.2 Å². The zero-order valence-electron chi connectivity index (χ0n) is 16.6. The fourth-order valence-electron chi connectivity index (χ4n) is 3.87. The SMILES string of the molecule is NC(=O)CC1(COc2cccc(Cl)c2)CCCN(C(=O)c2cccc(C(F)(F)F)c2)C1. The van der Waals surface area contributed by atoms with E-state index in [4.69, 9.17) is 22.1 Å². The summed E-state index contributed by atoms with van der Waals surface area (Å²) in [5.74, 6) is -0.553. The minimum atomic E-state index is -4.54. The summed E-state index contributed by atoms with van der Waals surface area (Å²) < 4.78 is 44.9. The molecule has 1 heterocycles. The monoisotopic (exact) mass is 454 g/mol. The lowest BCUT2D eigenvalue weighted by Crippen LogP contribution is -2.50. The molecule has 1 unspecified atom stereocenters. The maximum Gasteiger partial charge on any atom is 0.416 e. The molecule has 2 amide bonds. The van der Waals surface area contributed by atoms with Gasteiger partial charge in [0.05, 0.1) is 12.2 Å². The minimum absolute atomic E-state index is 0.0140. The molecule has 0 saturated carbocycles. The zero-order chi connectivity index (χ0) is 22.6. The van der Waals surface area contributed by atoms with E-state index in [-0.39, 0.29) is 25.1 Å². The number of likely N-dealkylation sites (tertiary alicyclic amines) is 1. The van der Waals surface area contributed by atoms with Crippen LogP contribution < -0.4 is 10.5 Å². The molecule has 3 rings (SSSR count). The van der Waals surface area contributed by atoms with Crippen LogP contribution in [0.3, 0.4) is 0 Å². The van der Waals surface area contributed by atoms with Gasteiger partial charge in [-0.1, -0.05) is 23.7 Å². The first kappa shape index (κ1) is 22.9. The molecule has 9 heteroatoms. The number of hydrogen-bond acceptors (Lipinski definition) is 3. The summed E-state index contributed by atoms with van der Waals surface area (Å²) in [7, 11) is 0. The highest BCUT2D eigenvalue weighted by atomic mass is 35.5. The number of piperidine rings is 1. The van der Waals surface area contributed by atoms with E-state index in [0.717, 1.165) is 12.1 Å². The maximum absolute atomic E-state index is 13.0. The molecule has 5 nitrogen and oxygen atoms in total. The van der Waals surface area contributed by atoms with Crippen LogP contribution in [0.4, 0.5) is 13.2 Å². The van der Waals surface area contributed by atoms with E-state index in [9.17, 15) is 22.8 Å². The highest BCUT2D eigenvalue weighted by Crippen LogP contribution is 2.36. The normalized spacial score (nSPS) is 19.2. The van der Waals surface area contributed by atoms with Crippen LogP contribution in [0.25, 0.3) is 0 Å². The van der Waals surface area contributed by atoms with Gasteiger partial charge >= 0.3 is 6.18 Å². The summed E-state index contributed by atoms with van der Waals surface area (Å²) in [6.45, 7) is 0.626. The van der Waals surface area contributed by atoms with E-state index in [2.05, 4.69) is 0 Å². The molecule has 0 aromatic heterocycles. The number of rotatable bonds is 6. The first-order valence-electron chi connectivity index (χ1n) is 9.71. The molecule has 31 heavy (non-hydrogen) atoms. The molecule has 1 fully saturated rings. The Morgan fingerprint density at radius 3 is 2.58 bits per heavy atom. The second-order valence-corrected chi connectivity index (χ2v) is 8.23. The van der Waals surface area contributed by atoms with Crippen LogP contribution in [-0.2, 0) is 11.0 Å². The first-order chi connectivity index (χ1) is 14.6. The average molecular weight is 455 g/mol. The lowest BCUT2D eigenvalue weighted by atomic mass is 9.77. The Kier molecular flexibility index (Phi) is 6.79. The fraction of sp³-hybridized carbons (Fsp3) is 0.364. The third kappa shape index (κ3) is 5.91. The summed E-state index contributed by atoms with van der Waals surface area (Å²) in [5, 5.41) is 0.492. The Morgan fingerprint density at radius 2 is 1.90 bits per heavy atom. The third-order valence-electron chi connectivity index (χ3n) is 5.28. The van der Waals surface area contributed by atoms with Crippen LogP contribution in [0.1, 0.15) is 35.2 Å². The second kappa shape index (κ2) is 9.18. The van der Waals surface area contributed by atoms with Crippen LogP contribution in [0.2, 0.25) is 5.02 Å². The number of hydrogen-bond donors (Lipinski definition) is 1. The van der Waals surface area contributed by atoms with Gasteiger partial charge in [0.25, 0.3) is 5.91 Å². The van der Waals surface area contributed by atoms with Crippen molar-refractivity contribution in [1.29, 1.82) is 0 Å². The van der Waals surface area contributed by atoms with Crippen LogP contribution in [0, 0.1) is 5.41 Å². The number of primary amides is 1. The molecule has 166 valence electrons. The largest absolute Gasteiger partial charge is 0.493 e. The molecule has 0 radical (unpaired) electrons. The van der Waals surface area contributed by atoms with Crippen LogP contribution in [0.5, 0.6) is 5.75 Å². The number of amides is 2. The standard InChI is InChI=1S/C22H22ClF3N2O3/c23-17-6-2-7-18(11-17)31-14-21(12-19(27)29)8-3-9-28(13-21)20(30)15-4-1-5-16(10-15)22(24,25)26/h1-2,4-7,10-11H,3,8-9,12-14H2,(H2,27,29). The molecule has 1 atom stereocenters. The fourth-order valence-corrected chi connectivity index (χ4v) is 4.05. The molecule has 2 aromatic carbocycles.